The predicted octanol–water partition coefficient (Wildman–Crippen LogP) is 2.74. The fraction of sp³-hybridized carbons (Fsp3) is 0.550. The summed E-state index contributed by atoms with van der Waals surface area (Å²) in [5.74, 6) is -0.939. The molecule has 1 heterocycles. The second kappa shape index (κ2) is 7.13. The summed E-state index contributed by atoms with van der Waals surface area (Å²) in [4.78, 5) is 50.0. The van der Waals surface area contributed by atoms with Gasteiger partial charge in [0.2, 0.25) is 17.7 Å². The molecule has 156 valence electrons. The molecule has 29 heavy (non-hydrogen) atoms. The van der Waals surface area contributed by atoms with E-state index < -0.39 is 21.7 Å². The lowest BCUT2D eigenvalue weighted by molar-refractivity contribution is -0.384. The van der Waals surface area contributed by atoms with E-state index in [-0.39, 0.29) is 42.1 Å². The Kier molecular flexibility index (Phi) is 5.10. The van der Waals surface area contributed by atoms with Crippen molar-refractivity contribution in [3.8, 4) is 5.75 Å². The van der Waals surface area contributed by atoms with Crippen molar-refractivity contribution in [2.75, 3.05) is 19.0 Å². The van der Waals surface area contributed by atoms with Crippen LogP contribution in [0.5, 0.6) is 5.75 Å². The highest BCUT2D eigenvalue weighted by Gasteiger charge is 2.64. The van der Waals surface area contributed by atoms with Crippen molar-refractivity contribution in [3.63, 3.8) is 0 Å². The second-order valence-electron chi connectivity index (χ2n) is 8.38. The maximum Gasteiger partial charge on any atom is 0.296 e. The summed E-state index contributed by atoms with van der Waals surface area (Å²) in [5, 5.41) is 13.7. The van der Waals surface area contributed by atoms with Gasteiger partial charge in [-0.2, -0.15) is 0 Å². The lowest BCUT2D eigenvalue weighted by atomic mass is 9.62. The molecular weight excluding hydrogens is 378 g/mol. The first-order valence-corrected chi connectivity index (χ1v) is 9.51. The molecule has 2 unspecified atom stereocenters. The minimum Gasteiger partial charge on any atom is -0.496 e. The largest absolute Gasteiger partial charge is 0.496 e. The highest BCUT2D eigenvalue weighted by molar-refractivity contribution is 6.04. The Morgan fingerprint density at radius 2 is 2.03 bits per heavy atom. The minimum atomic E-state index is -0.628. The first kappa shape index (κ1) is 20.8. The van der Waals surface area contributed by atoms with Gasteiger partial charge in [0.15, 0.2) is 0 Å². The number of benzene rings is 1. The fourth-order valence-electron chi connectivity index (χ4n) is 4.43. The number of nitro benzene ring substituents is 1. The summed E-state index contributed by atoms with van der Waals surface area (Å²) in [6.07, 6.45) is 1.18. The lowest BCUT2D eigenvalue weighted by Crippen LogP contribution is -2.59. The maximum atomic E-state index is 13.0. The molecule has 1 saturated heterocycles. The van der Waals surface area contributed by atoms with Gasteiger partial charge < -0.3 is 10.1 Å². The number of nitro groups is 1. The van der Waals surface area contributed by atoms with Gasteiger partial charge in [-0.05, 0) is 30.4 Å². The highest BCUT2D eigenvalue weighted by atomic mass is 16.6. The Bertz CT molecular complexity index is 896. The summed E-state index contributed by atoms with van der Waals surface area (Å²) >= 11 is 0. The van der Waals surface area contributed by atoms with Crippen molar-refractivity contribution in [3.05, 3.63) is 28.3 Å². The van der Waals surface area contributed by atoms with Gasteiger partial charge in [0.05, 0.1) is 23.5 Å². The average Bonchev–Trinajstić information content (AvgIpc) is 2.85. The quantitative estimate of drug-likeness (QED) is 0.443. The number of methoxy groups -OCH3 is 1. The molecule has 1 aliphatic heterocycles. The normalized spacial score (nSPS) is 25.1. The topological polar surface area (TPSA) is 119 Å². The van der Waals surface area contributed by atoms with Crippen LogP contribution in [0.25, 0.3) is 0 Å². The molecule has 9 heteroatoms. The molecule has 2 aliphatic rings. The van der Waals surface area contributed by atoms with Gasteiger partial charge in [-0.1, -0.05) is 20.8 Å². The molecule has 1 saturated carbocycles. The van der Waals surface area contributed by atoms with Crippen molar-refractivity contribution in [2.24, 2.45) is 16.7 Å². The summed E-state index contributed by atoms with van der Waals surface area (Å²) in [6.45, 7) is 5.74. The molecule has 3 amide bonds. The van der Waals surface area contributed by atoms with Gasteiger partial charge in [-0.15, -0.1) is 0 Å². The van der Waals surface area contributed by atoms with Gasteiger partial charge in [0.1, 0.15) is 11.4 Å². The van der Waals surface area contributed by atoms with Crippen LogP contribution in [0.3, 0.4) is 0 Å². The highest BCUT2D eigenvalue weighted by Crippen LogP contribution is 2.60. The van der Waals surface area contributed by atoms with E-state index in [2.05, 4.69) is 5.32 Å². The van der Waals surface area contributed by atoms with Crippen LogP contribution in [0.2, 0.25) is 0 Å². The molecule has 3 rings (SSSR count). The zero-order valence-corrected chi connectivity index (χ0v) is 17.0. The molecular formula is C20H25N3O6. The van der Waals surface area contributed by atoms with E-state index in [0.29, 0.717) is 18.6 Å². The SMILES string of the molecule is COc1ccc(NC(=O)CCN2C(=O)C3CCC(C)(C2=O)C3(C)C)c([N+](=O)[O-])c1. The molecule has 2 bridgehead atoms. The van der Waals surface area contributed by atoms with Gasteiger partial charge in [0, 0.05) is 18.9 Å². The second-order valence-corrected chi connectivity index (χ2v) is 8.38. The smallest absolute Gasteiger partial charge is 0.296 e. The van der Waals surface area contributed by atoms with E-state index in [4.69, 9.17) is 4.74 Å². The molecule has 1 aromatic carbocycles. The van der Waals surface area contributed by atoms with Crippen molar-refractivity contribution < 1.29 is 24.0 Å². The van der Waals surface area contributed by atoms with E-state index in [1.165, 1.54) is 30.2 Å². The number of likely N-dealkylation sites (tertiary alicyclic amines) is 1. The van der Waals surface area contributed by atoms with E-state index in [1.54, 1.807) is 0 Å². The first-order valence-electron chi connectivity index (χ1n) is 9.51. The Morgan fingerprint density at radius 3 is 2.66 bits per heavy atom. The van der Waals surface area contributed by atoms with Crippen molar-refractivity contribution in [1.82, 2.24) is 4.90 Å². The van der Waals surface area contributed by atoms with Crippen molar-refractivity contribution >= 4 is 29.1 Å². The molecule has 2 fully saturated rings. The van der Waals surface area contributed by atoms with Crippen LogP contribution in [0, 0.1) is 26.9 Å². The lowest BCUT2D eigenvalue weighted by Gasteiger charge is -2.47. The van der Waals surface area contributed by atoms with Crippen molar-refractivity contribution in [1.29, 1.82) is 0 Å². The number of carbonyl (C=O) groups is 3. The van der Waals surface area contributed by atoms with Gasteiger partial charge in [-0.25, -0.2) is 0 Å². The maximum absolute atomic E-state index is 13.0. The number of nitrogens with one attached hydrogen (secondary N) is 1. The summed E-state index contributed by atoms with van der Waals surface area (Å²) < 4.78 is 4.97. The molecule has 1 aromatic rings. The predicted molar refractivity (Wildman–Crippen MR) is 104 cm³/mol. The van der Waals surface area contributed by atoms with Gasteiger partial charge in [-0.3, -0.25) is 29.4 Å². The molecule has 0 aromatic heterocycles. The third-order valence-electron chi connectivity index (χ3n) is 6.75. The Balaban J connectivity index is 1.70. The number of fused-ring (bicyclic) bond motifs is 2. The number of amides is 3. The van der Waals surface area contributed by atoms with Crippen LogP contribution in [0.4, 0.5) is 11.4 Å². The average molecular weight is 403 g/mol. The number of imide groups is 1. The van der Waals surface area contributed by atoms with Crippen LogP contribution >= 0.6 is 0 Å². The summed E-state index contributed by atoms with van der Waals surface area (Å²) in [6, 6.07) is 4.10. The third kappa shape index (κ3) is 3.24. The van der Waals surface area contributed by atoms with Crippen LogP contribution in [-0.4, -0.2) is 41.2 Å². The molecule has 0 spiro atoms. The number of rotatable bonds is 6. The molecule has 9 nitrogen and oxygen atoms in total. The molecule has 2 atom stereocenters. The molecule has 0 radical (unpaired) electrons. The number of ether oxygens (including phenoxy) is 1. The van der Waals surface area contributed by atoms with E-state index in [1.807, 2.05) is 20.8 Å². The fourth-order valence-corrected chi connectivity index (χ4v) is 4.43. The molecule has 1 aliphatic carbocycles. The van der Waals surface area contributed by atoms with Crippen LogP contribution in [0.15, 0.2) is 18.2 Å². The van der Waals surface area contributed by atoms with Gasteiger partial charge in [0.25, 0.3) is 5.69 Å². The molecule has 1 N–H and O–H groups in total. The minimum absolute atomic E-state index is 0.0326. The number of piperidine rings is 1. The zero-order valence-electron chi connectivity index (χ0n) is 17.0. The van der Waals surface area contributed by atoms with Crippen LogP contribution in [0.1, 0.15) is 40.0 Å². The van der Waals surface area contributed by atoms with E-state index in [0.717, 1.165) is 0 Å². The Morgan fingerprint density at radius 1 is 1.34 bits per heavy atom. The first-order chi connectivity index (χ1) is 13.5. The van der Waals surface area contributed by atoms with Gasteiger partial charge >= 0.3 is 0 Å². The number of anilines is 1. The monoisotopic (exact) mass is 403 g/mol. The van der Waals surface area contributed by atoms with Crippen LogP contribution < -0.4 is 10.1 Å². The standard InChI is InChI=1S/C20H25N3O6/c1-19(2)13-7-9-20(19,3)18(26)22(17(13)25)10-8-16(24)21-14-6-5-12(29-4)11-15(14)23(27)28/h5-6,11,13H,7-10H2,1-4H3,(H,21,24). The third-order valence-corrected chi connectivity index (χ3v) is 6.75. The number of nitrogens with zero attached hydrogens (tertiary/aromatic N) is 2. The van der Waals surface area contributed by atoms with Crippen molar-refractivity contribution in [2.45, 2.75) is 40.0 Å². The van der Waals surface area contributed by atoms with E-state index in [9.17, 15) is 24.5 Å². The Labute approximate surface area is 168 Å². The number of hydrogen-bond donors (Lipinski definition) is 1. The summed E-state index contributed by atoms with van der Waals surface area (Å²) in [5.41, 5.74) is -1.30. The summed E-state index contributed by atoms with van der Waals surface area (Å²) in [7, 11) is 1.39. The van der Waals surface area contributed by atoms with E-state index >= 15 is 0 Å². The Hall–Kier alpha value is -2.97. The van der Waals surface area contributed by atoms with Crippen LogP contribution in [-0.2, 0) is 14.4 Å². The number of hydrogen-bond acceptors (Lipinski definition) is 6. The zero-order chi connectivity index (χ0) is 21.6. The number of carbonyl (C=O) groups excluding carboxylic acids is 3.